The summed E-state index contributed by atoms with van der Waals surface area (Å²) >= 11 is 0. The van der Waals surface area contributed by atoms with E-state index in [-0.39, 0.29) is 0 Å². The Hall–Kier alpha value is -3.29. The number of anilines is 1. The fraction of sp³-hybridized carbons (Fsp3) is 0.0400. The molecule has 3 aromatic carbocycles. The van der Waals surface area contributed by atoms with Crippen LogP contribution in [0.5, 0.6) is 0 Å². The molecule has 4 heteroatoms. The van der Waals surface area contributed by atoms with E-state index in [0.29, 0.717) is 0 Å². The average Bonchev–Trinajstić information content (AvgIpc) is 2.79. The first-order valence-corrected chi connectivity index (χ1v) is 10.4. The lowest BCUT2D eigenvalue weighted by Gasteiger charge is -2.14. The normalized spacial score (nSPS) is 11.1. The molecule has 0 aliphatic rings. The monoisotopic (exact) mass is 393 g/mol. The molecule has 1 N–H and O–H groups in total. The Kier molecular flexibility index (Phi) is 4.67. The highest BCUT2D eigenvalue weighted by Crippen LogP contribution is 2.37. The molecule has 29 heavy (non-hydrogen) atoms. The molecule has 0 spiro atoms. The van der Waals surface area contributed by atoms with Crippen molar-refractivity contribution < 1.29 is 0 Å². The van der Waals surface area contributed by atoms with E-state index in [0.717, 1.165) is 39.7 Å². The molecule has 1 unspecified atom stereocenters. The molecule has 0 amide bonds. The molecule has 5 rings (SSSR count). The van der Waals surface area contributed by atoms with E-state index in [9.17, 15) is 0 Å². The number of hydrogen-bond donors (Lipinski definition) is 1. The highest BCUT2D eigenvalue weighted by Gasteiger charge is 2.12. The molecule has 2 aromatic heterocycles. The fourth-order valence-electron chi connectivity index (χ4n) is 3.80. The second-order valence-corrected chi connectivity index (χ2v) is 7.35. The van der Waals surface area contributed by atoms with Crippen molar-refractivity contribution in [2.24, 2.45) is 0 Å². The number of hydrogen-bond acceptors (Lipinski definition) is 3. The molecule has 0 radical (unpaired) electrons. The van der Waals surface area contributed by atoms with E-state index < -0.39 is 0 Å². The van der Waals surface area contributed by atoms with Crippen LogP contribution in [0.1, 0.15) is 0 Å². The van der Waals surface area contributed by atoms with Gasteiger partial charge in [-0.3, -0.25) is 4.98 Å². The van der Waals surface area contributed by atoms with Gasteiger partial charge in [0.2, 0.25) is 0 Å². The van der Waals surface area contributed by atoms with Gasteiger partial charge in [-0.1, -0.05) is 48.5 Å². The Morgan fingerprint density at radius 2 is 1.66 bits per heavy atom. The summed E-state index contributed by atoms with van der Waals surface area (Å²) in [5.41, 5.74) is 5.56. The van der Waals surface area contributed by atoms with Crippen LogP contribution in [0.4, 0.5) is 5.82 Å². The van der Waals surface area contributed by atoms with Gasteiger partial charge in [-0.2, -0.15) is 0 Å². The lowest BCUT2D eigenvalue weighted by atomic mass is 9.93. The summed E-state index contributed by atoms with van der Waals surface area (Å²) in [7, 11) is 2.68. The summed E-state index contributed by atoms with van der Waals surface area (Å²) in [5.74, 6) is 0.878. The number of nitrogens with zero attached hydrogens (tertiary/aromatic N) is 2. The van der Waals surface area contributed by atoms with Gasteiger partial charge in [-0.15, -0.1) is 9.24 Å². The summed E-state index contributed by atoms with van der Waals surface area (Å²) < 4.78 is 0. The molecule has 0 aliphatic heterocycles. The van der Waals surface area contributed by atoms with Crippen LogP contribution in [0, 0.1) is 0 Å². The lowest BCUT2D eigenvalue weighted by Crippen LogP contribution is -1.98. The summed E-state index contributed by atoms with van der Waals surface area (Å²) in [6.45, 7) is 0. The minimum atomic E-state index is 0.760. The molecule has 3 nitrogen and oxygen atoms in total. The molecular weight excluding hydrogens is 373 g/mol. The van der Waals surface area contributed by atoms with Crippen molar-refractivity contribution in [3.8, 4) is 22.3 Å². The van der Waals surface area contributed by atoms with Gasteiger partial charge >= 0.3 is 0 Å². The lowest BCUT2D eigenvalue weighted by molar-refractivity contribution is 1.32. The van der Waals surface area contributed by atoms with E-state index in [4.69, 9.17) is 4.98 Å². The maximum atomic E-state index is 4.94. The van der Waals surface area contributed by atoms with Gasteiger partial charge in [0.15, 0.2) is 0 Å². The number of nitrogens with one attached hydrogen (secondary N) is 1. The number of rotatable bonds is 4. The number of aromatic nitrogens is 2. The van der Waals surface area contributed by atoms with Crippen LogP contribution < -0.4 is 5.32 Å². The molecule has 0 aliphatic carbocycles. The third kappa shape index (κ3) is 3.35. The zero-order valence-electron chi connectivity index (χ0n) is 15.8. The Morgan fingerprint density at radius 3 is 2.52 bits per heavy atom. The summed E-state index contributed by atoms with van der Waals surface area (Å²) in [6.07, 6.45) is 4.47. The average molecular weight is 393 g/mol. The van der Waals surface area contributed by atoms with Crippen molar-refractivity contribution in [2.45, 2.75) is 0 Å². The number of fused-ring (bicyclic) bond motifs is 2. The van der Waals surface area contributed by atoms with Crippen molar-refractivity contribution in [1.82, 2.24) is 9.97 Å². The largest absolute Gasteiger partial charge is 0.367 e. The van der Waals surface area contributed by atoms with Crippen molar-refractivity contribution in [2.75, 3.05) is 11.6 Å². The molecule has 0 fully saturated rings. The SMILES string of the molecule is PCNc1ccc2cc(-c3cccnc3)cc(-c3cccc4ccccc34)c2n1. The van der Waals surface area contributed by atoms with E-state index in [1.807, 2.05) is 18.3 Å². The van der Waals surface area contributed by atoms with Gasteiger partial charge in [-0.25, -0.2) is 4.98 Å². The molecule has 2 heterocycles. The predicted molar refractivity (Wildman–Crippen MR) is 126 cm³/mol. The molecule has 1 atom stereocenters. The van der Waals surface area contributed by atoms with E-state index in [1.54, 1.807) is 6.20 Å². The van der Waals surface area contributed by atoms with E-state index in [2.05, 4.69) is 86.3 Å². The number of pyridine rings is 2. The third-order valence-corrected chi connectivity index (χ3v) is 5.35. The molecule has 0 bridgehead atoms. The Morgan fingerprint density at radius 1 is 0.759 bits per heavy atom. The highest BCUT2D eigenvalue weighted by atomic mass is 31.0. The molecule has 140 valence electrons. The van der Waals surface area contributed by atoms with Crippen LogP contribution in [0.3, 0.4) is 0 Å². The minimum Gasteiger partial charge on any atom is -0.367 e. The maximum Gasteiger partial charge on any atom is 0.126 e. The van der Waals surface area contributed by atoms with Crippen molar-refractivity contribution in [3.05, 3.63) is 91.3 Å². The van der Waals surface area contributed by atoms with Gasteiger partial charge in [-0.05, 0) is 52.2 Å². The second kappa shape index (κ2) is 7.62. The molecular formula is C25H20N3P. The van der Waals surface area contributed by atoms with E-state index in [1.165, 1.54) is 16.3 Å². The Bertz CT molecular complexity index is 1310. The van der Waals surface area contributed by atoms with Crippen molar-refractivity contribution in [3.63, 3.8) is 0 Å². The Balaban J connectivity index is 1.84. The van der Waals surface area contributed by atoms with Crippen LogP contribution in [-0.2, 0) is 0 Å². The Labute approximate surface area is 172 Å². The third-order valence-electron chi connectivity index (χ3n) is 5.15. The molecule has 0 saturated carbocycles. The maximum absolute atomic E-state index is 4.94. The first-order valence-electron chi connectivity index (χ1n) is 9.61. The second-order valence-electron chi connectivity index (χ2n) is 6.94. The first-order chi connectivity index (χ1) is 14.3. The van der Waals surface area contributed by atoms with Gasteiger partial charge in [0, 0.05) is 35.2 Å². The summed E-state index contributed by atoms with van der Waals surface area (Å²) in [5, 5.41) is 6.87. The van der Waals surface area contributed by atoms with Gasteiger partial charge in [0.25, 0.3) is 0 Å². The van der Waals surface area contributed by atoms with Gasteiger partial charge < -0.3 is 5.32 Å². The van der Waals surface area contributed by atoms with Crippen LogP contribution in [0.2, 0.25) is 0 Å². The minimum absolute atomic E-state index is 0.760. The standard InChI is InChI=1S/C25H20N3P/c29-16-27-24-11-10-18-13-20(19-7-4-12-26-15-19)14-23(25(18)28-24)22-9-3-6-17-5-1-2-8-21(17)22/h1-15H,16,29H2,(H,27,28). The molecule has 0 saturated heterocycles. The first kappa shape index (κ1) is 17.8. The molecule has 5 aromatic rings. The predicted octanol–water partition coefficient (Wildman–Crippen LogP) is 6.36. The van der Waals surface area contributed by atoms with Crippen LogP contribution in [0.25, 0.3) is 43.9 Å². The summed E-state index contributed by atoms with van der Waals surface area (Å²) in [4.78, 5) is 9.25. The number of benzene rings is 3. The van der Waals surface area contributed by atoms with Gasteiger partial charge in [0.05, 0.1) is 5.52 Å². The van der Waals surface area contributed by atoms with Crippen LogP contribution in [-0.4, -0.2) is 16.3 Å². The highest BCUT2D eigenvalue weighted by molar-refractivity contribution is 7.16. The van der Waals surface area contributed by atoms with Crippen molar-refractivity contribution >= 4 is 36.7 Å². The zero-order chi connectivity index (χ0) is 19.6. The topological polar surface area (TPSA) is 37.8 Å². The smallest absolute Gasteiger partial charge is 0.126 e. The fourth-order valence-corrected chi connectivity index (χ4v) is 4.01. The van der Waals surface area contributed by atoms with Crippen LogP contribution in [0.15, 0.2) is 91.3 Å². The van der Waals surface area contributed by atoms with E-state index >= 15 is 0 Å². The van der Waals surface area contributed by atoms with Gasteiger partial charge in [0.1, 0.15) is 5.82 Å². The van der Waals surface area contributed by atoms with Crippen molar-refractivity contribution in [1.29, 1.82) is 0 Å². The zero-order valence-corrected chi connectivity index (χ0v) is 17.0. The van der Waals surface area contributed by atoms with Crippen LogP contribution >= 0.6 is 9.24 Å². The quantitative estimate of drug-likeness (QED) is 0.361. The summed E-state index contributed by atoms with van der Waals surface area (Å²) in [6, 6.07) is 27.6.